The van der Waals surface area contributed by atoms with Crippen molar-refractivity contribution in [3.63, 3.8) is 0 Å². The van der Waals surface area contributed by atoms with E-state index >= 15 is 0 Å². The molecule has 0 bridgehead atoms. The summed E-state index contributed by atoms with van der Waals surface area (Å²) in [4.78, 5) is 2.52. The molecule has 2 aliphatic rings. The van der Waals surface area contributed by atoms with Gasteiger partial charge in [-0.3, -0.25) is 0 Å². The van der Waals surface area contributed by atoms with Crippen molar-refractivity contribution in [2.45, 2.75) is 45.3 Å². The van der Waals surface area contributed by atoms with Crippen molar-refractivity contribution in [2.75, 3.05) is 23.3 Å². The Kier molecular flexibility index (Phi) is 4.20. The summed E-state index contributed by atoms with van der Waals surface area (Å²) in [6.45, 7) is 8.76. The van der Waals surface area contributed by atoms with E-state index in [0.717, 1.165) is 29.7 Å². The first-order chi connectivity index (χ1) is 13.6. The van der Waals surface area contributed by atoms with Crippen molar-refractivity contribution in [1.29, 1.82) is 0 Å². The van der Waals surface area contributed by atoms with Crippen molar-refractivity contribution in [3.8, 4) is 0 Å². The second-order valence-corrected chi connectivity index (χ2v) is 8.19. The molecule has 0 radical (unpaired) electrons. The van der Waals surface area contributed by atoms with Crippen LogP contribution in [0.2, 0.25) is 0 Å². The number of nitrogens with zero attached hydrogens (tertiary/aromatic N) is 3. The molecular formula is C23H27N5. The van der Waals surface area contributed by atoms with Gasteiger partial charge in [-0.15, -0.1) is 5.10 Å². The van der Waals surface area contributed by atoms with Crippen molar-refractivity contribution in [1.82, 2.24) is 15.5 Å². The highest BCUT2D eigenvalue weighted by atomic mass is 15.3. The Morgan fingerprint density at radius 1 is 1.21 bits per heavy atom. The van der Waals surface area contributed by atoms with Gasteiger partial charge in [-0.05, 0) is 62.6 Å². The van der Waals surface area contributed by atoms with Crippen LogP contribution in [0.4, 0.5) is 11.5 Å². The Balaban J connectivity index is 1.47. The molecule has 0 spiro atoms. The van der Waals surface area contributed by atoms with Crippen LogP contribution in [0.3, 0.4) is 0 Å². The molecule has 1 aromatic heterocycles. The molecule has 0 unspecified atom stereocenters. The quantitative estimate of drug-likeness (QED) is 0.725. The lowest BCUT2D eigenvalue weighted by molar-refractivity contribution is 0.396. The summed E-state index contributed by atoms with van der Waals surface area (Å²) in [5.41, 5.74) is 5.23. The fourth-order valence-corrected chi connectivity index (χ4v) is 4.69. The first-order valence-electron chi connectivity index (χ1n) is 10.2. The molecule has 3 atom stereocenters. The zero-order chi connectivity index (χ0) is 19.3. The van der Waals surface area contributed by atoms with E-state index < -0.39 is 0 Å². The van der Waals surface area contributed by atoms with Gasteiger partial charge in [0.1, 0.15) is 0 Å². The maximum Gasteiger partial charge on any atom is 0.157 e. The van der Waals surface area contributed by atoms with Crippen molar-refractivity contribution in [2.24, 2.45) is 0 Å². The van der Waals surface area contributed by atoms with Gasteiger partial charge < -0.3 is 15.5 Å². The molecule has 0 amide bonds. The lowest BCUT2D eigenvalue weighted by atomic mass is 9.96. The number of aromatic nitrogens is 2. The van der Waals surface area contributed by atoms with Crippen LogP contribution in [0.5, 0.6) is 0 Å². The maximum absolute atomic E-state index is 4.44. The molecule has 2 N–H and O–H groups in total. The maximum atomic E-state index is 4.44. The van der Waals surface area contributed by atoms with Gasteiger partial charge in [-0.25, -0.2) is 0 Å². The van der Waals surface area contributed by atoms with E-state index in [0.29, 0.717) is 12.1 Å². The minimum absolute atomic E-state index is 0.163. The Labute approximate surface area is 166 Å². The molecule has 144 valence electrons. The number of nitrogens with one attached hydrogen (secondary N) is 2. The van der Waals surface area contributed by atoms with E-state index in [1.165, 1.54) is 28.8 Å². The highest BCUT2D eigenvalue weighted by Gasteiger charge is 2.41. The highest BCUT2D eigenvalue weighted by molar-refractivity contribution is 5.93. The van der Waals surface area contributed by atoms with E-state index in [1.807, 2.05) is 6.20 Å². The molecule has 3 heterocycles. The van der Waals surface area contributed by atoms with Crippen molar-refractivity contribution < 1.29 is 0 Å². The second kappa shape index (κ2) is 6.74. The third-order valence-electron chi connectivity index (χ3n) is 6.55. The summed E-state index contributed by atoms with van der Waals surface area (Å²) in [5, 5.41) is 18.1. The molecule has 2 fully saturated rings. The van der Waals surface area contributed by atoms with Gasteiger partial charge in [-0.1, -0.05) is 24.3 Å². The fraction of sp³-hybridized carbons (Fsp3) is 0.391. The zero-order valence-electron chi connectivity index (χ0n) is 16.7. The molecule has 5 rings (SSSR count). The minimum atomic E-state index is 0.163. The van der Waals surface area contributed by atoms with Gasteiger partial charge in [0.25, 0.3) is 0 Å². The van der Waals surface area contributed by atoms with Crippen molar-refractivity contribution in [3.05, 3.63) is 59.3 Å². The molecule has 0 aliphatic carbocycles. The number of anilines is 2. The van der Waals surface area contributed by atoms with Gasteiger partial charge in [-0.2, -0.15) is 5.10 Å². The summed E-state index contributed by atoms with van der Waals surface area (Å²) < 4.78 is 0. The van der Waals surface area contributed by atoms with Gasteiger partial charge in [0.15, 0.2) is 5.82 Å². The van der Waals surface area contributed by atoms with Gasteiger partial charge >= 0.3 is 0 Å². The first-order valence-corrected chi connectivity index (χ1v) is 10.2. The average Bonchev–Trinajstić information content (AvgIpc) is 3.05. The van der Waals surface area contributed by atoms with Crippen LogP contribution in [0.25, 0.3) is 10.8 Å². The Hall–Kier alpha value is -2.66. The SMILES string of the molecule is Cc1cccc([C@@H](C)Nc2nncc3ccc(N4C[C@@H]5NCC[C@@H]54)cc23)c1C. The predicted molar refractivity (Wildman–Crippen MR) is 115 cm³/mol. The monoisotopic (exact) mass is 373 g/mol. The van der Waals surface area contributed by atoms with Gasteiger partial charge in [0.05, 0.1) is 12.2 Å². The second-order valence-electron chi connectivity index (χ2n) is 8.19. The Morgan fingerprint density at radius 3 is 2.96 bits per heavy atom. The van der Waals surface area contributed by atoms with Gasteiger partial charge in [0.2, 0.25) is 0 Å². The first kappa shape index (κ1) is 17.4. The normalized spacial score (nSPS) is 22.0. The largest absolute Gasteiger partial charge is 0.365 e. The molecule has 5 nitrogen and oxygen atoms in total. The Morgan fingerprint density at radius 2 is 2.11 bits per heavy atom. The van der Waals surface area contributed by atoms with Gasteiger partial charge in [0, 0.05) is 35.1 Å². The zero-order valence-corrected chi connectivity index (χ0v) is 16.7. The predicted octanol–water partition coefficient (Wildman–Crippen LogP) is 3.97. The summed E-state index contributed by atoms with van der Waals surface area (Å²) in [7, 11) is 0. The van der Waals surface area contributed by atoms with Crippen LogP contribution in [0.1, 0.15) is 36.1 Å². The molecule has 2 saturated heterocycles. The minimum Gasteiger partial charge on any atom is -0.365 e. The van der Waals surface area contributed by atoms with Crippen LogP contribution in [-0.2, 0) is 0 Å². The van der Waals surface area contributed by atoms with E-state index in [9.17, 15) is 0 Å². The molecule has 28 heavy (non-hydrogen) atoms. The van der Waals surface area contributed by atoms with E-state index in [1.54, 1.807) is 0 Å². The molecule has 2 aromatic carbocycles. The third kappa shape index (κ3) is 2.81. The highest BCUT2D eigenvalue weighted by Crippen LogP contribution is 2.35. The van der Waals surface area contributed by atoms with Crippen molar-refractivity contribution >= 4 is 22.3 Å². The standard InChI is InChI=1S/C23H27N5/c1-14-5-4-6-19(15(14)2)16(3)26-23-20-11-18(8-7-17(20)12-25-27-23)28-13-21-22(28)9-10-24-21/h4-8,11-12,16,21-22,24H,9-10,13H2,1-3H3,(H,26,27)/t16-,21+,22+/m1/s1. The van der Waals surface area contributed by atoms with Crippen LogP contribution < -0.4 is 15.5 Å². The average molecular weight is 374 g/mol. The number of aryl methyl sites for hydroxylation is 1. The number of fused-ring (bicyclic) bond motifs is 2. The summed E-state index contributed by atoms with van der Waals surface area (Å²) in [6, 6.07) is 14.6. The lowest BCUT2D eigenvalue weighted by Crippen LogP contribution is -2.61. The number of rotatable bonds is 4. The summed E-state index contributed by atoms with van der Waals surface area (Å²) in [5.74, 6) is 0.856. The van der Waals surface area contributed by atoms with E-state index in [2.05, 4.69) is 82.9 Å². The van der Waals surface area contributed by atoms with Crippen LogP contribution in [0, 0.1) is 13.8 Å². The molecule has 2 aliphatic heterocycles. The molecular weight excluding hydrogens is 346 g/mol. The van der Waals surface area contributed by atoms with Crippen LogP contribution in [-0.4, -0.2) is 35.4 Å². The molecule has 3 aromatic rings. The topological polar surface area (TPSA) is 53.1 Å². The number of hydrogen-bond donors (Lipinski definition) is 2. The Bertz CT molecular complexity index is 1030. The van der Waals surface area contributed by atoms with E-state index in [4.69, 9.17) is 0 Å². The fourth-order valence-electron chi connectivity index (χ4n) is 4.69. The van der Waals surface area contributed by atoms with Crippen LogP contribution in [0.15, 0.2) is 42.6 Å². The number of benzene rings is 2. The number of hydrogen-bond acceptors (Lipinski definition) is 5. The third-order valence-corrected chi connectivity index (χ3v) is 6.55. The molecule has 0 saturated carbocycles. The van der Waals surface area contributed by atoms with E-state index in [-0.39, 0.29) is 6.04 Å². The summed E-state index contributed by atoms with van der Waals surface area (Å²) >= 11 is 0. The smallest absolute Gasteiger partial charge is 0.157 e. The van der Waals surface area contributed by atoms with Crippen LogP contribution >= 0.6 is 0 Å². The summed E-state index contributed by atoms with van der Waals surface area (Å²) in [6.07, 6.45) is 3.08. The lowest BCUT2D eigenvalue weighted by Gasteiger charge is -2.46. The molecule has 5 heteroatoms.